The van der Waals surface area contributed by atoms with E-state index in [0.717, 1.165) is 0 Å². The number of carboxylic acid groups (broad SMARTS) is 1. The van der Waals surface area contributed by atoms with Crippen LogP contribution in [0.2, 0.25) is 0 Å². The van der Waals surface area contributed by atoms with E-state index in [1.54, 1.807) is 0 Å². The van der Waals surface area contributed by atoms with Gasteiger partial charge in [-0.05, 0) is 16.9 Å². The number of carboxylic acids is 1. The van der Waals surface area contributed by atoms with Crippen molar-refractivity contribution in [3.05, 3.63) is 17.8 Å². The molecule has 0 radical (unpaired) electrons. The van der Waals surface area contributed by atoms with Crippen LogP contribution in [-0.4, -0.2) is 27.3 Å². The third kappa shape index (κ3) is 1.66. The molecule has 0 saturated heterocycles. The Morgan fingerprint density at radius 1 is 1.35 bits per heavy atom. The molecule has 0 atom stereocenters. The lowest BCUT2D eigenvalue weighted by Gasteiger charge is -2.08. The highest BCUT2D eigenvalue weighted by molar-refractivity contribution is 5.92. The number of hydrogen-bond acceptors (Lipinski definition) is 4. The average Bonchev–Trinajstić information content (AvgIpc) is 2.61. The number of carbonyl (C=O) groups is 1. The van der Waals surface area contributed by atoms with Crippen molar-refractivity contribution < 1.29 is 9.90 Å². The molecule has 92 valence electrons. The van der Waals surface area contributed by atoms with Crippen LogP contribution in [-0.2, 0) is 0 Å². The summed E-state index contributed by atoms with van der Waals surface area (Å²) < 4.78 is 0. The van der Waals surface area contributed by atoms with Gasteiger partial charge in [0.15, 0.2) is 5.82 Å². The van der Waals surface area contributed by atoms with Gasteiger partial charge in [0.2, 0.25) is 0 Å². The monoisotopic (exact) mass is 235 g/mol. The molecule has 1 fully saturated rings. The summed E-state index contributed by atoms with van der Waals surface area (Å²) in [6.45, 7) is 8.62. The van der Waals surface area contributed by atoms with Crippen LogP contribution in [0.1, 0.15) is 38.1 Å². The van der Waals surface area contributed by atoms with E-state index in [1.165, 1.54) is 12.3 Å². The van der Waals surface area contributed by atoms with E-state index in [-0.39, 0.29) is 22.4 Å². The molecule has 1 aromatic rings. The smallest absolute Gasteiger partial charge is 0.339 e. The molecule has 0 amide bonds. The minimum Gasteiger partial charge on any atom is -0.478 e. The Kier molecular flexibility index (Phi) is 2.38. The Morgan fingerprint density at radius 2 is 1.94 bits per heavy atom. The zero-order chi connectivity index (χ0) is 12.8. The number of aromatic nitrogens is 2. The molecule has 1 aliphatic carbocycles. The molecule has 17 heavy (non-hydrogen) atoms. The van der Waals surface area contributed by atoms with Crippen molar-refractivity contribution in [2.75, 3.05) is 5.32 Å². The molecule has 1 heterocycles. The molecule has 1 saturated carbocycles. The van der Waals surface area contributed by atoms with Gasteiger partial charge in [-0.2, -0.15) is 5.10 Å². The van der Waals surface area contributed by atoms with E-state index >= 15 is 0 Å². The van der Waals surface area contributed by atoms with Crippen LogP contribution in [0.5, 0.6) is 0 Å². The molecule has 2 rings (SSSR count). The van der Waals surface area contributed by atoms with E-state index in [4.69, 9.17) is 5.11 Å². The third-order valence-corrected chi connectivity index (χ3v) is 4.25. The van der Waals surface area contributed by atoms with Crippen LogP contribution in [0.15, 0.2) is 12.3 Å². The Balaban J connectivity index is 2.25. The Hall–Kier alpha value is -1.65. The SMILES string of the molecule is CC1(C)C(Nc2nnccc2C(=O)O)C1(C)C. The third-order valence-electron chi connectivity index (χ3n) is 4.25. The van der Waals surface area contributed by atoms with Gasteiger partial charge in [0.25, 0.3) is 0 Å². The topological polar surface area (TPSA) is 75.1 Å². The van der Waals surface area contributed by atoms with E-state index in [0.29, 0.717) is 5.82 Å². The van der Waals surface area contributed by atoms with Gasteiger partial charge in [-0.15, -0.1) is 5.10 Å². The van der Waals surface area contributed by atoms with E-state index in [9.17, 15) is 4.79 Å². The van der Waals surface area contributed by atoms with Crippen LogP contribution >= 0.6 is 0 Å². The molecule has 5 nitrogen and oxygen atoms in total. The maximum atomic E-state index is 11.0. The number of aromatic carboxylic acids is 1. The second-order valence-corrected chi connectivity index (χ2v) is 5.62. The molecule has 1 aliphatic rings. The first-order valence-corrected chi connectivity index (χ1v) is 5.60. The van der Waals surface area contributed by atoms with Gasteiger partial charge >= 0.3 is 5.97 Å². The number of rotatable bonds is 3. The molecular formula is C12H17N3O2. The summed E-state index contributed by atoms with van der Waals surface area (Å²) in [5, 5.41) is 19.8. The molecule has 0 aromatic carbocycles. The van der Waals surface area contributed by atoms with Gasteiger partial charge in [-0.1, -0.05) is 27.7 Å². The molecule has 0 bridgehead atoms. The minimum atomic E-state index is -0.987. The van der Waals surface area contributed by atoms with Gasteiger partial charge in [0, 0.05) is 6.04 Å². The first-order valence-electron chi connectivity index (χ1n) is 5.60. The quantitative estimate of drug-likeness (QED) is 0.838. The molecule has 5 heteroatoms. The lowest BCUT2D eigenvalue weighted by Crippen LogP contribution is -2.15. The van der Waals surface area contributed by atoms with Crippen LogP contribution in [0.3, 0.4) is 0 Å². The Labute approximate surface area is 100 Å². The molecule has 2 N–H and O–H groups in total. The molecule has 1 aromatic heterocycles. The predicted molar refractivity (Wildman–Crippen MR) is 64.0 cm³/mol. The molecule has 0 spiro atoms. The second kappa shape index (κ2) is 3.42. The zero-order valence-corrected chi connectivity index (χ0v) is 10.5. The largest absolute Gasteiger partial charge is 0.478 e. The molecular weight excluding hydrogens is 218 g/mol. The van der Waals surface area contributed by atoms with Crippen molar-refractivity contribution in [2.45, 2.75) is 33.7 Å². The highest BCUT2D eigenvalue weighted by atomic mass is 16.4. The summed E-state index contributed by atoms with van der Waals surface area (Å²) in [6, 6.07) is 1.67. The summed E-state index contributed by atoms with van der Waals surface area (Å²) in [4.78, 5) is 11.0. The first-order chi connectivity index (χ1) is 7.78. The summed E-state index contributed by atoms with van der Waals surface area (Å²) >= 11 is 0. The van der Waals surface area contributed by atoms with Gasteiger partial charge < -0.3 is 10.4 Å². The van der Waals surface area contributed by atoms with E-state index in [1.807, 2.05) is 0 Å². The normalized spacial score (nSPS) is 20.9. The molecule has 0 unspecified atom stereocenters. The van der Waals surface area contributed by atoms with Crippen molar-refractivity contribution >= 4 is 11.8 Å². The van der Waals surface area contributed by atoms with E-state index < -0.39 is 5.97 Å². The summed E-state index contributed by atoms with van der Waals surface area (Å²) in [5.74, 6) is -0.637. The highest BCUT2D eigenvalue weighted by Gasteiger charge is 2.65. The van der Waals surface area contributed by atoms with Crippen molar-refractivity contribution in [1.29, 1.82) is 0 Å². The van der Waals surface area contributed by atoms with Gasteiger partial charge in [-0.3, -0.25) is 0 Å². The first kappa shape index (κ1) is 11.8. The lowest BCUT2D eigenvalue weighted by molar-refractivity contribution is 0.0697. The molecule has 0 aliphatic heterocycles. The predicted octanol–water partition coefficient (Wildman–Crippen LogP) is 2.02. The highest BCUT2D eigenvalue weighted by Crippen LogP contribution is 2.63. The van der Waals surface area contributed by atoms with Crippen molar-refractivity contribution in [2.24, 2.45) is 10.8 Å². The second-order valence-electron chi connectivity index (χ2n) is 5.62. The van der Waals surface area contributed by atoms with Crippen LogP contribution in [0.25, 0.3) is 0 Å². The number of hydrogen-bond donors (Lipinski definition) is 2. The minimum absolute atomic E-state index is 0.125. The van der Waals surface area contributed by atoms with Crippen LogP contribution in [0, 0.1) is 10.8 Å². The lowest BCUT2D eigenvalue weighted by atomic mass is 10.0. The summed E-state index contributed by atoms with van der Waals surface area (Å²) in [7, 11) is 0. The fourth-order valence-corrected chi connectivity index (χ4v) is 2.30. The van der Waals surface area contributed by atoms with Gasteiger partial charge in [0.05, 0.1) is 6.20 Å². The summed E-state index contributed by atoms with van der Waals surface area (Å²) in [5.41, 5.74) is 0.416. The maximum absolute atomic E-state index is 11.0. The van der Waals surface area contributed by atoms with Crippen LogP contribution < -0.4 is 5.32 Å². The number of nitrogens with zero attached hydrogens (tertiary/aromatic N) is 2. The van der Waals surface area contributed by atoms with E-state index in [2.05, 4.69) is 43.2 Å². The van der Waals surface area contributed by atoms with Crippen molar-refractivity contribution in [3.63, 3.8) is 0 Å². The number of anilines is 1. The Morgan fingerprint density at radius 3 is 2.41 bits per heavy atom. The fraction of sp³-hybridized carbons (Fsp3) is 0.583. The van der Waals surface area contributed by atoms with Gasteiger partial charge in [-0.25, -0.2) is 4.79 Å². The van der Waals surface area contributed by atoms with Crippen LogP contribution in [0.4, 0.5) is 5.82 Å². The average molecular weight is 235 g/mol. The van der Waals surface area contributed by atoms with Crippen molar-refractivity contribution in [1.82, 2.24) is 10.2 Å². The standard InChI is InChI=1S/C12H17N3O2/c1-11(2)10(12(11,3)4)14-8-7(9(16)17)5-6-13-15-8/h5-6,10H,1-4H3,(H,14,15)(H,16,17). The van der Waals surface area contributed by atoms with Gasteiger partial charge in [0.1, 0.15) is 5.56 Å². The zero-order valence-electron chi connectivity index (χ0n) is 10.5. The van der Waals surface area contributed by atoms with Crippen molar-refractivity contribution in [3.8, 4) is 0 Å². The Bertz CT molecular complexity index is 455. The number of nitrogens with one attached hydrogen (secondary N) is 1. The maximum Gasteiger partial charge on any atom is 0.339 e. The fourth-order valence-electron chi connectivity index (χ4n) is 2.30. The summed E-state index contributed by atoms with van der Waals surface area (Å²) in [6.07, 6.45) is 1.39.